The quantitative estimate of drug-likeness (QED) is 0.808. The zero-order valence-corrected chi connectivity index (χ0v) is 16.1. The van der Waals surface area contributed by atoms with Gasteiger partial charge in [0.1, 0.15) is 0 Å². The van der Waals surface area contributed by atoms with E-state index in [2.05, 4.69) is 36.9 Å². The maximum atomic E-state index is 12.5. The molecular weight excluding hydrogens is 394 g/mol. The Balaban J connectivity index is 0.00000208. The van der Waals surface area contributed by atoms with Crippen LogP contribution in [0.25, 0.3) is 0 Å². The van der Waals surface area contributed by atoms with Gasteiger partial charge in [-0.1, -0.05) is 27.2 Å². The fourth-order valence-corrected chi connectivity index (χ4v) is 3.22. The number of aryl methyl sites for hydroxylation is 1. The largest absolute Gasteiger partial charge is 0.320 e. The number of amides is 1. The van der Waals surface area contributed by atoms with Crippen molar-refractivity contribution < 1.29 is 4.79 Å². The summed E-state index contributed by atoms with van der Waals surface area (Å²) in [6.07, 6.45) is 2.02. The molecule has 1 aliphatic heterocycles. The molecule has 0 unspecified atom stereocenters. The second kappa shape index (κ2) is 8.09. The molecule has 2 N–H and O–H groups in total. The van der Waals surface area contributed by atoms with Gasteiger partial charge in [-0.15, -0.1) is 17.5 Å². The molecule has 0 atom stereocenters. The third-order valence-corrected chi connectivity index (χ3v) is 4.74. The van der Waals surface area contributed by atoms with Gasteiger partial charge in [-0.3, -0.25) is 4.79 Å². The number of rotatable bonds is 3. The maximum absolute atomic E-state index is 12.5. The summed E-state index contributed by atoms with van der Waals surface area (Å²) in [6.45, 7) is 5.82. The Morgan fingerprint density at radius 1 is 1.33 bits per heavy atom. The Morgan fingerprint density at radius 3 is 2.75 bits per heavy atom. The molecule has 1 aliphatic rings. The van der Waals surface area contributed by atoms with Gasteiger partial charge in [-0.05, 0) is 57.5 Å². The van der Waals surface area contributed by atoms with E-state index in [0.29, 0.717) is 11.7 Å². The molecule has 24 heavy (non-hydrogen) atoms. The smallest absolute Gasteiger partial charge is 0.278 e. The van der Waals surface area contributed by atoms with Gasteiger partial charge < -0.3 is 10.6 Å². The zero-order chi connectivity index (χ0) is 16.4. The fraction of sp³-hybridized carbons (Fsp3) is 0.438. The van der Waals surface area contributed by atoms with Gasteiger partial charge in [0.05, 0.1) is 11.7 Å². The van der Waals surface area contributed by atoms with Crippen molar-refractivity contribution in [1.29, 1.82) is 0 Å². The fourth-order valence-electron chi connectivity index (χ4n) is 2.86. The first-order chi connectivity index (χ1) is 11.1. The van der Waals surface area contributed by atoms with Crippen LogP contribution in [0.2, 0.25) is 0 Å². The average molecular weight is 415 g/mol. The van der Waals surface area contributed by atoms with Crippen LogP contribution in [-0.2, 0) is 0 Å². The molecule has 1 saturated heterocycles. The third-order valence-electron chi connectivity index (χ3n) is 4.24. The molecule has 3 rings (SSSR count). The van der Waals surface area contributed by atoms with Crippen LogP contribution in [-0.4, -0.2) is 34.0 Å². The van der Waals surface area contributed by atoms with Gasteiger partial charge in [0.2, 0.25) is 0 Å². The molecule has 1 fully saturated rings. The summed E-state index contributed by atoms with van der Waals surface area (Å²) in [5.41, 5.74) is 3.00. The molecule has 0 spiro atoms. The lowest BCUT2D eigenvalue weighted by Gasteiger charge is -2.23. The molecule has 0 bridgehead atoms. The summed E-state index contributed by atoms with van der Waals surface area (Å²) >= 11 is 3.42. The van der Waals surface area contributed by atoms with Crippen molar-refractivity contribution in [3.05, 3.63) is 39.6 Å². The monoisotopic (exact) mass is 413 g/mol. The minimum absolute atomic E-state index is 0. The first kappa shape index (κ1) is 18.9. The summed E-state index contributed by atoms with van der Waals surface area (Å²) in [5.74, 6) is -0.219. The minimum atomic E-state index is -0.219. The van der Waals surface area contributed by atoms with Crippen LogP contribution >= 0.6 is 28.3 Å². The number of hydrogen-bond donors (Lipinski definition) is 2. The van der Waals surface area contributed by atoms with Crippen LogP contribution in [0.4, 0.5) is 5.69 Å². The van der Waals surface area contributed by atoms with Crippen molar-refractivity contribution in [3.8, 4) is 0 Å². The van der Waals surface area contributed by atoms with E-state index in [9.17, 15) is 4.79 Å². The first-order valence-corrected chi connectivity index (χ1v) is 8.55. The number of halogens is 2. The van der Waals surface area contributed by atoms with Crippen LogP contribution in [0.1, 0.15) is 40.6 Å². The molecule has 0 radical (unpaired) electrons. The van der Waals surface area contributed by atoms with E-state index in [4.69, 9.17) is 0 Å². The Hall–Kier alpha value is -1.44. The Bertz CT molecular complexity index is 727. The number of benzene rings is 1. The lowest BCUT2D eigenvalue weighted by atomic mass is 10.1. The number of aromatic nitrogens is 3. The van der Waals surface area contributed by atoms with E-state index in [1.807, 2.05) is 36.7 Å². The highest BCUT2D eigenvalue weighted by atomic mass is 79.9. The standard InChI is InChI=1S/C16H20BrN5O.ClH/c1-10-3-4-12(17)9-14(10)19-16(23)15-11(2)22(21-20-15)13-5-7-18-8-6-13;/h3-4,9,13,18H,5-8H2,1-2H3,(H,19,23);1H. The van der Waals surface area contributed by atoms with Gasteiger partial charge in [-0.2, -0.15) is 0 Å². The molecule has 1 aromatic carbocycles. The molecule has 2 heterocycles. The van der Waals surface area contributed by atoms with Gasteiger partial charge in [0.25, 0.3) is 5.91 Å². The van der Waals surface area contributed by atoms with Gasteiger partial charge >= 0.3 is 0 Å². The number of piperidine rings is 1. The van der Waals surface area contributed by atoms with Gasteiger partial charge in [-0.25, -0.2) is 4.68 Å². The van der Waals surface area contributed by atoms with Crippen molar-refractivity contribution >= 4 is 39.9 Å². The molecule has 130 valence electrons. The number of nitrogens with one attached hydrogen (secondary N) is 2. The van der Waals surface area contributed by atoms with Crippen LogP contribution in [0.5, 0.6) is 0 Å². The third kappa shape index (κ3) is 3.96. The number of hydrogen-bond acceptors (Lipinski definition) is 4. The second-order valence-corrected chi connectivity index (χ2v) is 6.78. The van der Waals surface area contributed by atoms with Crippen LogP contribution in [0, 0.1) is 13.8 Å². The highest BCUT2D eigenvalue weighted by Crippen LogP contribution is 2.23. The van der Waals surface area contributed by atoms with E-state index in [-0.39, 0.29) is 18.3 Å². The predicted molar refractivity (Wildman–Crippen MR) is 100.0 cm³/mol. The van der Waals surface area contributed by atoms with Gasteiger partial charge in [0, 0.05) is 10.2 Å². The number of anilines is 1. The van der Waals surface area contributed by atoms with Crippen molar-refractivity contribution in [1.82, 2.24) is 20.3 Å². The van der Waals surface area contributed by atoms with Crippen LogP contribution in [0.3, 0.4) is 0 Å². The van der Waals surface area contributed by atoms with E-state index in [0.717, 1.165) is 47.3 Å². The Kier molecular flexibility index (Phi) is 6.37. The second-order valence-electron chi connectivity index (χ2n) is 5.86. The molecule has 2 aromatic rings. The molecular formula is C16H21BrClN5O. The number of carbonyl (C=O) groups excluding carboxylic acids is 1. The summed E-state index contributed by atoms with van der Waals surface area (Å²) in [6, 6.07) is 6.11. The average Bonchev–Trinajstić information content (AvgIpc) is 2.93. The van der Waals surface area contributed by atoms with Crippen molar-refractivity contribution in [3.63, 3.8) is 0 Å². The first-order valence-electron chi connectivity index (χ1n) is 7.76. The Morgan fingerprint density at radius 2 is 2.04 bits per heavy atom. The molecule has 0 saturated carbocycles. The number of carbonyl (C=O) groups is 1. The molecule has 1 aromatic heterocycles. The summed E-state index contributed by atoms with van der Waals surface area (Å²) in [5, 5.41) is 14.6. The van der Waals surface area contributed by atoms with Crippen LogP contribution < -0.4 is 10.6 Å². The maximum Gasteiger partial charge on any atom is 0.278 e. The van der Waals surface area contributed by atoms with E-state index in [1.165, 1.54) is 0 Å². The number of nitrogens with zero attached hydrogens (tertiary/aromatic N) is 3. The highest BCUT2D eigenvalue weighted by molar-refractivity contribution is 9.10. The van der Waals surface area contributed by atoms with E-state index < -0.39 is 0 Å². The molecule has 0 aliphatic carbocycles. The van der Waals surface area contributed by atoms with Crippen molar-refractivity contribution in [2.24, 2.45) is 0 Å². The summed E-state index contributed by atoms with van der Waals surface area (Å²) in [4.78, 5) is 12.5. The highest BCUT2D eigenvalue weighted by Gasteiger charge is 2.23. The van der Waals surface area contributed by atoms with Crippen molar-refractivity contribution in [2.45, 2.75) is 32.7 Å². The SMILES string of the molecule is Cc1ccc(Br)cc1NC(=O)c1nnn(C2CCNCC2)c1C.Cl. The Labute approximate surface area is 155 Å². The van der Waals surface area contributed by atoms with Crippen molar-refractivity contribution in [2.75, 3.05) is 18.4 Å². The lowest BCUT2D eigenvalue weighted by Crippen LogP contribution is -2.30. The van der Waals surface area contributed by atoms with Gasteiger partial charge in [0.15, 0.2) is 5.69 Å². The molecule has 8 heteroatoms. The van der Waals surface area contributed by atoms with E-state index in [1.54, 1.807) is 0 Å². The van der Waals surface area contributed by atoms with E-state index >= 15 is 0 Å². The topological polar surface area (TPSA) is 71.8 Å². The summed E-state index contributed by atoms with van der Waals surface area (Å²) < 4.78 is 2.82. The molecule has 1 amide bonds. The normalized spacial score (nSPS) is 15.0. The summed E-state index contributed by atoms with van der Waals surface area (Å²) in [7, 11) is 0. The molecule has 6 nitrogen and oxygen atoms in total. The minimum Gasteiger partial charge on any atom is -0.320 e. The zero-order valence-electron chi connectivity index (χ0n) is 13.7. The van der Waals surface area contributed by atoms with Crippen LogP contribution in [0.15, 0.2) is 22.7 Å². The lowest BCUT2D eigenvalue weighted by molar-refractivity contribution is 0.102. The predicted octanol–water partition coefficient (Wildman–Crippen LogP) is 3.26.